The van der Waals surface area contributed by atoms with Gasteiger partial charge >= 0.3 is 0 Å². The van der Waals surface area contributed by atoms with Crippen LogP contribution < -0.4 is 5.32 Å². The predicted molar refractivity (Wildman–Crippen MR) is 53.3 cm³/mol. The van der Waals surface area contributed by atoms with Crippen LogP contribution in [0, 0.1) is 11.8 Å². The lowest BCUT2D eigenvalue weighted by atomic mass is 10.2. The van der Waals surface area contributed by atoms with Gasteiger partial charge in [-0.25, -0.2) is 0 Å². The molecule has 0 aliphatic heterocycles. The van der Waals surface area contributed by atoms with Gasteiger partial charge in [-0.15, -0.1) is 5.92 Å². The van der Waals surface area contributed by atoms with Crippen molar-refractivity contribution >= 4 is 11.6 Å². The summed E-state index contributed by atoms with van der Waals surface area (Å²) in [5.41, 5.74) is 1.62. The molecule has 0 radical (unpaired) electrons. The zero-order valence-corrected chi connectivity index (χ0v) is 7.72. The largest absolute Gasteiger partial charge is 0.325 e. The van der Waals surface area contributed by atoms with Gasteiger partial charge in [0.05, 0.1) is 5.69 Å². The molecule has 0 bridgehead atoms. The number of carbonyl (C=O) groups is 1. The molecule has 0 saturated heterocycles. The number of rotatable bonds is 1. The molecular formula is C11H11NO. The summed E-state index contributed by atoms with van der Waals surface area (Å²) in [4.78, 5) is 10.8. The normalized spacial score (nSPS) is 8.46. The van der Waals surface area contributed by atoms with Gasteiger partial charge in [-0.05, 0) is 19.1 Å². The highest BCUT2D eigenvalue weighted by Crippen LogP contribution is 2.12. The molecule has 0 aliphatic carbocycles. The van der Waals surface area contributed by atoms with Gasteiger partial charge in [0.2, 0.25) is 5.91 Å². The van der Waals surface area contributed by atoms with Crippen LogP contribution in [0.2, 0.25) is 0 Å². The minimum atomic E-state index is -0.0784. The van der Waals surface area contributed by atoms with Crippen LogP contribution in [-0.4, -0.2) is 5.91 Å². The summed E-state index contributed by atoms with van der Waals surface area (Å²) in [5, 5.41) is 2.72. The summed E-state index contributed by atoms with van der Waals surface area (Å²) in [7, 11) is 0. The lowest BCUT2D eigenvalue weighted by Crippen LogP contribution is -2.06. The fourth-order valence-corrected chi connectivity index (χ4v) is 1.03. The highest BCUT2D eigenvalue weighted by atomic mass is 16.1. The Bertz CT molecular complexity index is 371. The third kappa shape index (κ3) is 2.64. The highest BCUT2D eigenvalue weighted by Gasteiger charge is 1.98. The second-order valence-electron chi connectivity index (χ2n) is 2.60. The molecule has 0 spiro atoms. The average molecular weight is 173 g/mol. The van der Waals surface area contributed by atoms with Crippen molar-refractivity contribution in [1.29, 1.82) is 0 Å². The molecule has 1 amide bonds. The summed E-state index contributed by atoms with van der Waals surface area (Å²) < 4.78 is 0. The van der Waals surface area contributed by atoms with Gasteiger partial charge in [0, 0.05) is 12.5 Å². The van der Waals surface area contributed by atoms with Crippen molar-refractivity contribution in [3.05, 3.63) is 29.8 Å². The van der Waals surface area contributed by atoms with E-state index in [-0.39, 0.29) is 5.91 Å². The van der Waals surface area contributed by atoms with Crippen LogP contribution in [0.1, 0.15) is 19.4 Å². The van der Waals surface area contributed by atoms with Crippen LogP contribution in [0.4, 0.5) is 5.69 Å². The fraction of sp³-hybridized carbons (Fsp3) is 0.182. The summed E-state index contributed by atoms with van der Waals surface area (Å²) in [5.74, 6) is 5.63. The zero-order chi connectivity index (χ0) is 9.68. The number of anilines is 1. The standard InChI is InChI=1S/C11H11NO/c1-3-6-10-7-4-5-8-11(10)12-9(2)13/h4-5,7-8H,1-2H3,(H,12,13). The van der Waals surface area contributed by atoms with E-state index in [4.69, 9.17) is 0 Å². The van der Waals surface area contributed by atoms with Gasteiger partial charge < -0.3 is 5.32 Å². The molecule has 1 N–H and O–H groups in total. The predicted octanol–water partition coefficient (Wildman–Crippen LogP) is 2.02. The van der Waals surface area contributed by atoms with Gasteiger partial charge in [0.15, 0.2) is 0 Å². The van der Waals surface area contributed by atoms with Gasteiger partial charge in [-0.2, -0.15) is 0 Å². The van der Waals surface area contributed by atoms with Crippen molar-refractivity contribution in [2.24, 2.45) is 0 Å². The number of carbonyl (C=O) groups excluding carboxylic acids is 1. The van der Waals surface area contributed by atoms with E-state index in [2.05, 4.69) is 17.2 Å². The van der Waals surface area contributed by atoms with Gasteiger partial charge in [-0.1, -0.05) is 18.1 Å². The molecule has 1 aromatic rings. The first-order chi connectivity index (χ1) is 6.24. The summed E-state index contributed by atoms with van der Waals surface area (Å²) >= 11 is 0. The van der Waals surface area contributed by atoms with E-state index in [9.17, 15) is 4.79 Å². The van der Waals surface area contributed by atoms with Crippen LogP contribution >= 0.6 is 0 Å². The van der Waals surface area contributed by atoms with Gasteiger partial charge in [0.1, 0.15) is 0 Å². The van der Waals surface area contributed by atoms with Gasteiger partial charge in [0.25, 0.3) is 0 Å². The molecule has 0 heterocycles. The first-order valence-corrected chi connectivity index (χ1v) is 4.03. The Morgan fingerprint density at radius 3 is 2.69 bits per heavy atom. The van der Waals surface area contributed by atoms with Crippen LogP contribution in [0.5, 0.6) is 0 Å². The molecule has 2 nitrogen and oxygen atoms in total. The smallest absolute Gasteiger partial charge is 0.221 e. The summed E-state index contributed by atoms with van der Waals surface area (Å²) in [6, 6.07) is 7.47. The van der Waals surface area contributed by atoms with Crippen LogP contribution in [0.25, 0.3) is 0 Å². The maximum atomic E-state index is 10.8. The first kappa shape index (κ1) is 9.34. The SMILES string of the molecule is CC#Cc1ccccc1NC(C)=O. The lowest BCUT2D eigenvalue weighted by Gasteiger charge is -2.03. The van der Waals surface area contributed by atoms with E-state index in [1.54, 1.807) is 6.92 Å². The van der Waals surface area contributed by atoms with Crippen molar-refractivity contribution in [2.75, 3.05) is 5.32 Å². The maximum absolute atomic E-state index is 10.8. The number of hydrogen-bond donors (Lipinski definition) is 1. The van der Waals surface area contributed by atoms with E-state index in [1.165, 1.54) is 6.92 Å². The molecule has 2 heteroatoms. The van der Waals surface area contributed by atoms with Crippen molar-refractivity contribution in [2.45, 2.75) is 13.8 Å². The molecule has 0 fully saturated rings. The number of hydrogen-bond acceptors (Lipinski definition) is 1. The van der Waals surface area contributed by atoms with E-state index in [0.29, 0.717) is 0 Å². The fourth-order valence-electron chi connectivity index (χ4n) is 1.03. The maximum Gasteiger partial charge on any atom is 0.221 e. The van der Waals surface area contributed by atoms with Gasteiger partial charge in [-0.3, -0.25) is 4.79 Å². The topological polar surface area (TPSA) is 29.1 Å². The van der Waals surface area contributed by atoms with Crippen molar-refractivity contribution in [1.82, 2.24) is 0 Å². The monoisotopic (exact) mass is 173 g/mol. The number of benzene rings is 1. The second-order valence-corrected chi connectivity index (χ2v) is 2.60. The molecule has 0 aliphatic rings. The molecule has 1 aromatic carbocycles. The van der Waals surface area contributed by atoms with E-state index in [0.717, 1.165) is 11.3 Å². The van der Waals surface area contributed by atoms with E-state index < -0.39 is 0 Å². The molecule has 66 valence electrons. The average Bonchev–Trinajstić information content (AvgIpc) is 2.08. The number of para-hydroxylation sites is 1. The molecule has 1 rings (SSSR count). The Balaban J connectivity index is 3.02. The third-order valence-corrected chi connectivity index (χ3v) is 1.50. The quantitative estimate of drug-likeness (QED) is 0.647. The molecular weight excluding hydrogens is 162 g/mol. The van der Waals surface area contributed by atoms with Crippen molar-refractivity contribution < 1.29 is 4.79 Å². The Kier molecular flexibility index (Phi) is 3.10. The van der Waals surface area contributed by atoms with Crippen LogP contribution in [0.15, 0.2) is 24.3 Å². The van der Waals surface area contributed by atoms with Crippen molar-refractivity contribution in [3.8, 4) is 11.8 Å². The van der Waals surface area contributed by atoms with E-state index in [1.807, 2.05) is 24.3 Å². The highest BCUT2D eigenvalue weighted by molar-refractivity contribution is 5.90. The molecule has 0 aromatic heterocycles. The minimum absolute atomic E-state index is 0.0784. The lowest BCUT2D eigenvalue weighted by molar-refractivity contribution is -0.114. The molecule has 0 saturated carbocycles. The molecule has 13 heavy (non-hydrogen) atoms. The Labute approximate surface area is 78.0 Å². The Morgan fingerprint density at radius 2 is 2.08 bits per heavy atom. The Morgan fingerprint density at radius 1 is 1.38 bits per heavy atom. The summed E-state index contributed by atoms with van der Waals surface area (Å²) in [6.45, 7) is 3.25. The summed E-state index contributed by atoms with van der Waals surface area (Å²) in [6.07, 6.45) is 0. The first-order valence-electron chi connectivity index (χ1n) is 4.03. The number of nitrogens with one attached hydrogen (secondary N) is 1. The second kappa shape index (κ2) is 4.32. The van der Waals surface area contributed by atoms with Crippen molar-refractivity contribution in [3.63, 3.8) is 0 Å². The molecule has 0 unspecified atom stereocenters. The zero-order valence-electron chi connectivity index (χ0n) is 7.72. The Hall–Kier alpha value is -1.75. The third-order valence-electron chi connectivity index (χ3n) is 1.50. The molecule has 0 atom stereocenters. The van der Waals surface area contributed by atoms with E-state index >= 15 is 0 Å². The van der Waals surface area contributed by atoms with Crippen LogP contribution in [0.3, 0.4) is 0 Å². The van der Waals surface area contributed by atoms with Crippen LogP contribution in [-0.2, 0) is 4.79 Å². The minimum Gasteiger partial charge on any atom is -0.325 e. The number of amides is 1.